The van der Waals surface area contributed by atoms with E-state index in [9.17, 15) is 9.59 Å². The van der Waals surface area contributed by atoms with E-state index < -0.39 is 12.0 Å². The van der Waals surface area contributed by atoms with Crippen LogP contribution in [0.15, 0.2) is 35.8 Å². The summed E-state index contributed by atoms with van der Waals surface area (Å²) in [5.41, 5.74) is 0.269. The van der Waals surface area contributed by atoms with Gasteiger partial charge in [-0.25, -0.2) is 4.98 Å². The summed E-state index contributed by atoms with van der Waals surface area (Å²) >= 11 is 7.35. The van der Waals surface area contributed by atoms with Gasteiger partial charge in [0.05, 0.1) is 25.1 Å². The molecule has 2 aromatic heterocycles. The number of pyridine rings is 1. The number of halogens is 1. The highest BCUT2D eigenvalue weighted by atomic mass is 35.5. The molecular weight excluding hydrogens is 312 g/mol. The van der Waals surface area contributed by atoms with E-state index in [2.05, 4.69) is 15.0 Å². The first-order valence-electron chi connectivity index (χ1n) is 6.13. The van der Waals surface area contributed by atoms with Gasteiger partial charge < -0.3 is 10.1 Å². The number of esters is 1. The minimum absolute atomic E-state index is 0.0562. The van der Waals surface area contributed by atoms with Crippen LogP contribution >= 0.6 is 22.9 Å². The van der Waals surface area contributed by atoms with Crippen molar-refractivity contribution in [3.8, 4) is 0 Å². The Labute approximate surface area is 130 Å². The van der Waals surface area contributed by atoms with E-state index in [1.807, 2.05) is 17.5 Å². The molecule has 21 heavy (non-hydrogen) atoms. The zero-order chi connectivity index (χ0) is 15.2. The molecule has 5 nitrogen and oxygen atoms in total. The van der Waals surface area contributed by atoms with Gasteiger partial charge in [0.25, 0.3) is 5.91 Å². The molecule has 1 atom stereocenters. The predicted molar refractivity (Wildman–Crippen MR) is 80.4 cm³/mol. The van der Waals surface area contributed by atoms with Crippen LogP contribution in [0.3, 0.4) is 0 Å². The van der Waals surface area contributed by atoms with Crippen molar-refractivity contribution in [2.45, 2.75) is 12.5 Å². The smallest absolute Gasteiger partial charge is 0.307 e. The molecule has 7 heteroatoms. The third-order valence-corrected chi connectivity index (χ3v) is 4.08. The Hall–Kier alpha value is -1.92. The first kappa shape index (κ1) is 15.5. The molecule has 2 heterocycles. The molecule has 0 aliphatic carbocycles. The fourth-order valence-corrected chi connectivity index (χ4v) is 2.74. The molecule has 0 aromatic carbocycles. The Balaban J connectivity index is 2.17. The lowest BCUT2D eigenvalue weighted by molar-refractivity contribution is -0.141. The highest BCUT2D eigenvalue weighted by molar-refractivity contribution is 7.10. The maximum atomic E-state index is 12.3. The second-order valence-electron chi connectivity index (χ2n) is 4.16. The van der Waals surface area contributed by atoms with E-state index in [0.717, 1.165) is 4.88 Å². The van der Waals surface area contributed by atoms with Gasteiger partial charge in [-0.15, -0.1) is 11.3 Å². The number of hydrogen-bond acceptors (Lipinski definition) is 5. The summed E-state index contributed by atoms with van der Waals surface area (Å²) in [6.07, 6.45) is 1.56. The summed E-state index contributed by atoms with van der Waals surface area (Å²) in [5, 5.41) is 4.79. The lowest BCUT2D eigenvalue weighted by atomic mass is 10.1. The van der Waals surface area contributed by atoms with Crippen LogP contribution in [0.25, 0.3) is 0 Å². The van der Waals surface area contributed by atoms with Crippen molar-refractivity contribution in [2.75, 3.05) is 7.11 Å². The highest BCUT2D eigenvalue weighted by Crippen LogP contribution is 2.23. The molecule has 0 aliphatic heterocycles. The molecule has 0 aliphatic rings. The van der Waals surface area contributed by atoms with Gasteiger partial charge in [-0.3, -0.25) is 9.59 Å². The number of rotatable bonds is 5. The van der Waals surface area contributed by atoms with Crippen LogP contribution in [-0.2, 0) is 9.53 Å². The summed E-state index contributed by atoms with van der Waals surface area (Å²) < 4.78 is 4.67. The number of carbonyl (C=O) groups is 2. The number of aromatic nitrogens is 1. The summed E-state index contributed by atoms with van der Waals surface area (Å²) in [6.45, 7) is 0. The van der Waals surface area contributed by atoms with Gasteiger partial charge in [-0.05, 0) is 23.6 Å². The van der Waals surface area contributed by atoms with Crippen molar-refractivity contribution in [3.63, 3.8) is 0 Å². The molecule has 1 amide bonds. The van der Waals surface area contributed by atoms with E-state index in [1.54, 1.807) is 12.1 Å². The SMILES string of the molecule is COC(=O)CC(NC(=O)c1cccnc1Cl)c1cccs1. The van der Waals surface area contributed by atoms with Crippen molar-refractivity contribution in [3.05, 3.63) is 51.4 Å². The average molecular weight is 325 g/mol. The number of ether oxygens (including phenoxy) is 1. The minimum atomic E-state index is -0.457. The fraction of sp³-hybridized carbons (Fsp3) is 0.214. The number of methoxy groups -OCH3 is 1. The van der Waals surface area contributed by atoms with Gasteiger partial charge in [0.2, 0.25) is 0 Å². The number of thiophene rings is 1. The summed E-state index contributed by atoms with van der Waals surface area (Å²) in [5.74, 6) is -0.776. The Bertz CT molecular complexity index is 631. The van der Waals surface area contributed by atoms with Gasteiger partial charge >= 0.3 is 5.97 Å². The van der Waals surface area contributed by atoms with Gasteiger partial charge in [0, 0.05) is 11.1 Å². The Kier molecular flexibility index (Phi) is 5.30. The van der Waals surface area contributed by atoms with Gasteiger partial charge in [0.1, 0.15) is 5.15 Å². The van der Waals surface area contributed by atoms with Crippen molar-refractivity contribution in [1.82, 2.24) is 10.3 Å². The largest absolute Gasteiger partial charge is 0.469 e. The summed E-state index contributed by atoms with van der Waals surface area (Å²) in [6, 6.07) is 6.45. The van der Waals surface area contributed by atoms with Crippen LogP contribution < -0.4 is 5.32 Å². The first-order chi connectivity index (χ1) is 10.1. The van der Waals surface area contributed by atoms with Crippen molar-refractivity contribution < 1.29 is 14.3 Å². The van der Waals surface area contributed by atoms with E-state index >= 15 is 0 Å². The predicted octanol–water partition coefficient (Wildman–Crippen LogP) is 2.83. The van der Waals surface area contributed by atoms with Crippen LogP contribution in [0, 0.1) is 0 Å². The third-order valence-electron chi connectivity index (χ3n) is 2.79. The zero-order valence-corrected chi connectivity index (χ0v) is 12.8. The Morgan fingerprint density at radius 3 is 2.86 bits per heavy atom. The molecule has 0 radical (unpaired) electrons. The van der Waals surface area contributed by atoms with Crippen molar-refractivity contribution in [1.29, 1.82) is 0 Å². The first-order valence-corrected chi connectivity index (χ1v) is 7.39. The third kappa shape index (κ3) is 4.03. The molecule has 0 saturated carbocycles. The van der Waals surface area contributed by atoms with Gasteiger partial charge in [0.15, 0.2) is 0 Å². The second-order valence-corrected chi connectivity index (χ2v) is 5.50. The average Bonchev–Trinajstić information content (AvgIpc) is 3.01. The van der Waals surface area contributed by atoms with Crippen LogP contribution in [0.4, 0.5) is 0 Å². The zero-order valence-electron chi connectivity index (χ0n) is 11.2. The van der Waals surface area contributed by atoms with Crippen molar-refractivity contribution >= 4 is 34.8 Å². The molecule has 0 bridgehead atoms. The highest BCUT2D eigenvalue weighted by Gasteiger charge is 2.21. The fourth-order valence-electron chi connectivity index (χ4n) is 1.75. The van der Waals surface area contributed by atoms with E-state index in [-0.39, 0.29) is 23.0 Å². The van der Waals surface area contributed by atoms with Crippen LogP contribution in [0.5, 0.6) is 0 Å². The Morgan fingerprint density at radius 2 is 2.24 bits per heavy atom. The van der Waals surface area contributed by atoms with Crippen molar-refractivity contribution in [2.24, 2.45) is 0 Å². The number of nitrogens with zero attached hydrogens (tertiary/aromatic N) is 1. The normalized spacial score (nSPS) is 11.7. The number of carbonyl (C=O) groups excluding carboxylic acids is 2. The molecule has 1 unspecified atom stereocenters. The topological polar surface area (TPSA) is 68.3 Å². The molecular formula is C14H13ClN2O3S. The number of hydrogen-bond donors (Lipinski definition) is 1. The van der Waals surface area contributed by atoms with E-state index in [1.165, 1.54) is 24.6 Å². The standard InChI is InChI=1S/C14H13ClN2O3S/c1-20-12(18)8-10(11-5-3-7-21-11)17-14(19)9-4-2-6-16-13(9)15/h2-7,10H,8H2,1H3,(H,17,19). The quantitative estimate of drug-likeness (QED) is 0.678. The number of nitrogens with one attached hydrogen (secondary N) is 1. The maximum absolute atomic E-state index is 12.3. The summed E-state index contributed by atoms with van der Waals surface area (Å²) in [4.78, 5) is 28.5. The second kappa shape index (κ2) is 7.19. The van der Waals surface area contributed by atoms with E-state index in [0.29, 0.717) is 0 Å². The molecule has 110 valence electrons. The lowest BCUT2D eigenvalue weighted by Gasteiger charge is -2.16. The van der Waals surface area contributed by atoms with Gasteiger partial charge in [-0.2, -0.15) is 0 Å². The molecule has 2 rings (SSSR count). The van der Waals surface area contributed by atoms with Crippen LogP contribution in [-0.4, -0.2) is 24.0 Å². The monoisotopic (exact) mass is 324 g/mol. The summed E-state index contributed by atoms with van der Waals surface area (Å²) in [7, 11) is 1.31. The molecule has 1 N–H and O–H groups in total. The maximum Gasteiger partial charge on any atom is 0.307 e. The minimum Gasteiger partial charge on any atom is -0.469 e. The van der Waals surface area contributed by atoms with Gasteiger partial charge in [-0.1, -0.05) is 17.7 Å². The van der Waals surface area contributed by atoms with E-state index in [4.69, 9.17) is 11.6 Å². The van der Waals surface area contributed by atoms with Crippen LogP contribution in [0.2, 0.25) is 5.15 Å². The molecule has 0 fully saturated rings. The molecule has 0 spiro atoms. The lowest BCUT2D eigenvalue weighted by Crippen LogP contribution is -2.30. The number of amides is 1. The Morgan fingerprint density at radius 1 is 1.43 bits per heavy atom. The molecule has 2 aromatic rings. The van der Waals surface area contributed by atoms with Crippen LogP contribution in [0.1, 0.15) is 27.7 Å². The molecule has 0 saturated heterocycles.